The lowest BCUT2D eigenvalue weighted by Gasteiger charge is -2.41. The van der Waals surface area contributed by atoms with Gasteiger partial charge in [-0.25, -0.2) is 0 Å². The molecular formula is C28H34O13. The molecule has 2 aromatic carbocycles. The number of hydrogen-bond donors (Lipinski definition) is 4. The van der Waals surface area contributed by atoms with Crippen LogP contribution in [0.4, 0.5) is 0 Å². The fourth-order valence-corrected chi connectivity index (χ4v) is 5.47. The van der Waals surface area contributed by atoms with E-state index in [0.29, 0.717) is 40.7 Å². The fraction of sp³-hybridized carbons (Fsp3) is 0.536. The van der Waals surface area contributed by atoms with Crippen LogP contribution in [0, 0.1) is 11.8 Å². The summed E-state index contributed by atoms with van der Waals surface area (Å²) in [5, 5.41) is 41.1. The zero-order valence-electron chi connectivity index (χ0n) is 22.8. The molecule has 0 aromatic heterocycles. The average molecular weight is 579 g/mol. The number of aliphatic hydroxyl groups is 4. The molecule has 2 saturated heterocycles. The Hall–Kier alpha value is -3.33. The Morgan fingerprint density at radius 3 is 2.27 bits per heavy atom. The number of fused-ring (bicyclic) bond motifs is 1. The third kappa shape index (κ3) is 5.61. The van der Waals surface area contributed by atoms with Crippen molar-refractivity contribution in [2.24, 2.45) is 11.8 Å². The van der Waals surface area contributed by atoms with E-state index in [4.69, 9.17) is 37.9 Å². The third-order valence-electron chi connectivity index (χ3n) is 7.63. The Balaban J connectivity index is 1.53. The number of hydrogen-bond acceptors (Lipinski definition) is 13. The van der Waals surface area contributed by atoms with E-state index in [-0.39, 0.29) is 13.4 Å². The molecule has 0 aliphatic carbocycles. The summed E-state index contributed by atoms with van der Waals surface area (Å²) in [4.78, 5) is 13.3. The quantitative estimate of drug-likeness (QED) is 0.285. The van der Waals surface area contributed by atoms with E-state index in [1.165, 1.54) is 21.3 Å². The molecule has 3 aliphatic heterocycles. The van der Waals surface area contributed by atoms with Crippen LogP contribution in [0.15, 0.2) is 30.3 Å². The average Bonchev–Trinajstić information content (AvgIpc) is 3.60. The highest BCUT2D eigenvalue weighted by Crippen LogP contribution is 2.46. The van der Waals surface area contributed by atoms with Crippen molar-refractivity contribution < 1.29 is 63.1 Å². The van der Waals surface area contributed by atoms with Gasteiger partial charge in [-0.3, -0.25) is 4.79 Å². The number of ether oxygens (including phenoxy) is 8. The van der Waals surface area contributed by atoms with Crippen LogP contribution in [0.25, 0.3) is 0 Å². The lowest BCUT2D eigenvalue weighted by Crippen LogP contribution is -2.59. The Kier molecular flexibility index (Phi) is 8.73. The Morgan fingerprint density at radius 1 is 0.902 bits per heavy atom. The van der Waals surface area contributed by atoms with Gasteiger partial charge in [-0.1, -0.05) is 6.07 Å². The molecule has 2 aromatic rings. The molecule has 13 heteroatoms. The summed E-state index contributed by atoms with van der Waals surface area (Å²) in [7, 11) is 4.35. The molecular weight excluding hydrogens is 544 g/mol. The normalized spacial score (nSPS) is 29.6. The van der Waals surface area contributed by atoms with Crippen LogP contribution in [0.5, 0.6) is 28.7 Å². The van der Waals surface area contributed by atoms with Gasteiger partial charge in [-0.05, 0) is 41.8 Å². The van der Waals surface area contributed by atoms with E-state index in [2.05, 4.69) is 0 Å². The van der Waals surface area contributed by atoms with Gasteiger partial charge in [0.15, 0.2) is 29.3 Å². The number of carbonyl (C=O) groups excluding carboxylic acids is 1. The molecule has 5 rings (SSSR count). The zero-order valence-corrected chi connectivity index (χ0v) is 22.8. The second kappa shape index (κ2) is 12.3. The van der Waals surface area contributed by atoms with E-state index >= 15 is 0 Å². The molecule has 3 aliphatic rings. The van der Waals surface area contributed by atoms with Crippen molar-refractivity contribution in [2.75, 3.05) is 41.3 Å². The highest BCUT2D eigenvalue weighted by Gasteiger charge is 2.49. The number of benzene rings is 2. The Labute approximate surface area is 236 Å². The van der Waals surface area contributed by atoms with Crippen LogP contribution in [0.3, 0.4) is 0 Å². The van der Waals surface area contributed by atoms with Gasteiger partial charge in [0.1, 0.15) is 24.4 Å². The van der Waals surface area contributed by atoms with Crippen molar-refractivity contribution in [1.29, 1.82) is 0 Å². The highest BCUT2D eigenvalue weighted by molar-refractivity contribution is 5.76. The SMILES string of the molecule is COc1cc([C@H](O[C@H]2O[C@H](CO)[C@H](O)[C@@H](O)[C@H]2O)[C@H]2C(=O)OC[C@@H]2Cc2ccc3c(c2)OCO3)cc(OC)c1OC. The van der Waals surface area contributed by atoms with Crippen molar-refractivity contribution in [3.8, 4) is 28.7 Å². The minimum Gasteiger partial charge on any atom is -0.493 e. The highest BCUT2D eigenvalue weighted by atomic mass is 16.7. The number of methoxy groups -OCH3 is 3. The maximum atomic E-state index is 13.3. The van der Waals surface area contributed by atoms with Crippen LogP contribution >= 0.6 is 0 Å². The molecule has 8 atom stereocenters. The molecule has 41 heavy (non-hydrogen) atoms. The minimum absolute atomic E-state index is 0.0942. The van der Waals surface area contributed by atoms with Gasteiger partial charge in [0.05, 0.1) is 46.6 Å². The summed E-state index contributed by atoms with van der Waals surface area (Å²) < 4.78 is 44.8. The lowest BCUT2D eigenvalue weighted by molar-refractivity contribution is -0.316. The van der Waals surface area contributed by atoms with Crippen molar-refractivity contribution in [3.05, 3.63) is 41.5 Å². The van der Waals surface area contributed by atoms with Gasteiger partial charge >= 0.3 is 5.97 Å². The number of aliphatic hydroxyl groups excluding tert-OH is 4. The molecule has 0 radical (unpaired) electrons. The summed E-state index contributed by atoms with van der Waals surface area (Å²) in [6, 6.07) is 8.74. The van der Waals surface area contributed by atoms with E-state index in [0.717, 1.165) is 5.56 Å². The molecule has 13 nitrogen and oxygen atoms in total. The zero-order chi connectivity index (χ0) is 29.3. The predicted octanol–water partition coefficient (Wildman–Crippen LogP) is 0.331. The molecule has 0 spiro atoms. The molecule has 3 heterocycles. The first-order valence-corrected chi connectivity index (χ1v) is 13.1. The second-order valence-corrected chi connectivity index (χ2v) is 10.0. The molecule has 0 saturated carbocycles. The second-order valence-electron chi connectivity index (χ2n) is 10.0. The number of esters is 1. The summed E-state index contributed by atoms with van der Waals surface area (Å²) >= 11 is 0. The van der Waals surface area contributed by atoms with Crippen LogP contribution in [0.2, 0.25) is 0 Å². The van der Waals surface area contributed by atoms with Crippen molar-refractivity contribution in [1.82, 2.24) is 0 Å². The number of carbonyl (C=O) groups is 1. The largest absolute Gasteiger partial charge is 0.493 e. The third-order valence-corrected chi connectivity index (χ3v) is 7.63. The van der Waals surface area contributed by atoms with Gasteiger partial charge < -0.3 is 58.3 Å². The van der Waals surface area contributed by atoms with E-state index in [9.17, 15) is 25.2 Å². The summed E-state index contributed by atoms with van der Waals surface area (Å²) in [6.45, 7) is -0.419. The van der Waals surface area contributed by atoms with Crippen LogP contribution in [-0.4, -0.2) is 98.4 Å². The van der Waals surface area contributed by atoms with Crippen LogP contribution in [-0.2, 0) is 25.4 Å². The molecule has 2 fully saturated rings. The number of cyclic esters (lactones) is 1. The topological polar surface area (TPSA) is 172 Å². The molecule has 0 bridgehead atoms. The summed E-state index contributed by atoms with van der Waals surface area (Å²) in [5.41, 5.74) is 1.29. The van der Waals surface area contributed by atoms with Gasteiger partial charge in [0.25, 0.3) is 0 Å². The first-order chi connectivity index (χ1) is 19.8. The van der Waals surface area contributed by atoms with Gasteiger partial charge in [-0.2, -0.15) is 0 Å². The smallest absolute Gasteiger partial charge is 0.312 e. The van der Waals surface area contributed by atoms with Crippen LogP contribution < -0.4 is 23.7 Å². The number of rotatable bonds is 10. The minimum atomic E-state index is -1.69. The summed E-state index contributed by atoms with van der Waals surface area (Å²) in [5.74, 6) is 0.294. The first-order valence-electron chi connectivity index (χ1n) is 13.1. The Bertz CT molecular complexity index is 1210. The molecule has 0 unspecified atom stereocenters. The van der Waals surface area contributed by atoms with Crippen molar-refractivity contribution in [3.63, 3.8) is 0 Å². The monoisotopic (exact) mass is 578 g/mol. The van der Waals surface area contributed by atoms with E-state index in [1.54, 1.807) is 18.2 Å². The van der Waals surface area contributed by atoms with E-state index < -0.39 is 61.2 Å². The van der Waals surface area contributed by atoms with Crippen LogP contribution in [0.1, 0.15) is 17.2 Å². The molecule has 0 amide bonds. The molecule has 4 N–H and O–H groups in total. The predicted molar refractivity (Wildman–Crippen MR) is 138 cm³/mol. The standard InChI is InChI=1S/C28H34O13/c1-34-18-8-14(9-19(35-2)26(18)36-3)25(41-28-24(32)23(31)22(30)20(10-29)40-28)21-15(11-37-27(21)33)6-13-4-5-16-17(7-13)39-12-38-16/h4-5,7-9,15,20-25,28-32H,6,10-12H2,1-3H3/t15-,20+,21-,22-,23+,24+,25-,28+/m0/s1. The van der Waals surface area contributed by atoms with Gasteiger partial charge in [0.2, 0.25) is 12.5 Å². The van der Waals surface area contributed by atoms with Crippen molar-refractivity contribution >= 4 is 5.97 Å². The van der Waals surface area contributed by atoms with Gasteiger partial charge in [0, 0.05) is 5.92 Å². The maximum Gasteiger partial charge on any atom is 0.312 e. The fourth-order valence-electron chi connectivity index (χ4n) is 5.47. The van der Waals surface area contributed by atoms with Crippen molar-refractivity contribution in [2.45, 2.75) is 43.2 Å². The Morgan fingerprint density at radius 2 is 1.61 bits per heavy atom. The summed E-state index contributed by atoms with van der Waals surface area (Å²) in [6.07, 6.45) is -8.38. The van der Waals surface area contributed by atoms with E-state index in [1.807, 2.05) is 12.1 Å². The maximum absolute atomic E-state index is 13.3. The lowest BCUT2D eigenvalue weighted by atomic mass is 9.82. The van der Waals surface area contributed by atoms with Gasteiger partial charge in [-0.15, -0.1) is 0 Å². The molecule has 224 valence electrons. The first kappa shape index (κ1) is 29.2.